The van der Waals surface area contributed by atoms with Gasteiger partial charge in [0.1, 0.15) is 5.82 Å². The third kappa shape index (κ3) is 2.97. The molecule has 0 spiro atoms. The van der Waals surface area contributed by atoms with Crippen molar-refractivity contribution in [1.29, 1.82) is 0 Å². The Kier molecular flexibility index (Phi) is 4.50. The summed E-state index contributed by atoms with van der Waals surface area (Å²) < 4.78 is 10.9. The normalized spacial score (nSPS) is 16.9. The second-order valence-corrected chi connectivity index (χ2v) is 5.58. The van der Waals surface area contributed by atoms with Crippen molar-refractivity contribution < 1.29 is 19.4 Å². The van der Waals surface area contributed by atoms with E-state index in [4.69, 9.17) is 14.6 Å². The number of benzene rings is 1. The number of methoxy groups -OCH3 is 2. The maximum absolute atomic E-state index is 10.9. The van der Waals surface area contributed by atoms with E-state index >= 15 is 0 Å². The lowest BCUT2D eigenvalue weighted by Gasteiger charge is -2.19. The van der Waals surface area contributed by atoms with E-state index in [0.717, 1.165) is 36.6 Å². The third-order valence-corrected chi connectivity index (χ3v) is 4.24. The van der Waals surface area contributed by atoms with E-state index in [-0.39, 0.29) is 11.6 Å². The number of carboxylic acids is 1. The SMILES string of the molecule is COc1cccc(C2CCN(c3cnc(C(=O)O)cn3)C2)c1OC. The molecule has 0 saturated carbocycles. The zero-order chi connectivity index (χ0) is 17.1. The minimum atomic E-state index is -1.07. The molecule has 0 amide bonds. The van der Waals surface area contributed by atoms with Gasteiger partial charge in [0.25, 0.3) is 0 Å². The summed E-state index contributed by atoms with van der Waals surface area (Å²) in [4.78, 5) is 21.1. The summed E-state index contributed by atoms with van der Waals surface area (Å²) in [6, 6.07) is 5.89. The van der Waals surface area contributed by atoms with Gasteiger partial charge < -0.3 is 19.5 Å². The average molecular weight is 329 g/mol. The number of anilines is 1. The molecule has 1 fully saturated rings. The highest BCUT2D eigenvalue weighted by atomic mass is 16.5. The Morgan fingerprint density at radius 1 is 1.25 bits per heavy atom. The first-order valence-corrected chi connectivity index (χ1v) is 7.65. The van der Waals surface area contributed by atoms with Crippen LogP contribution in [0.2, 0.25) is 0 Å². The number of hydrogen-bond acceptors (Lipinski definition) is 6. The van der Waals surface area contributed by atoms with E-state index in [1.807, 2.05) is 12.1 Å². The number of ether oxygens (including phenoxy) is 2. The first-order valence-electron chi connectivity index (χ1n) is 7.65. The van der Waals surface area contributed by atoms with Crippen LogP contribution in [0.3, 0.4) is 0 Å². The molecule has 1 saturated heterocycles. The van der Waals surface area contributed by atoms with Crippen LogP contribution in [0.15, 0.2) is 30.6 Å². The van der Waals surface area contributed by atoms with Gasteiger partial charge in [-0.15, -0.1) is 0 Å². The van der Waals surface area contributed by atoms with Crippen molar-refractivity contribution in [2.45, 2.75) is 12.3 Å². The van der Waals surface area contributed by atoms with Crippen LogP contribution in [0.5, 0.6) is 11.5 Å². The largest absolute Gasteiger partial charge is 0.493 e. The summed E-state index contributed by atoms with van der Waals surface area (Å²) >= 11 is 0. The van der Waals surface area contributed by atoms with Crippen molar-refractivity contribution in [2.24, 2.45) is 0 Å². The molecule has 0 aliphatic carbocycles. The molecule has 1 atom stereocenters. The number of rotatable bonds is 5. The van der Waals surface area contributed by atoms with Gasteiger partial charge in [0.2, 0.25) is 0 Å². The van der Waals surface area contributed by atoms with Crippen LogP contribution in [0.1, 0.15) is 28.4 Å². The number of nitrogens with zero attached hydrogens (tertiary/aromatic N) is 3. The molecule has 0 bridgehead atoms. The minimum Gasteiger partial charge on any atom is -0.493 e. The second-order valence-electron chi connectivity index (χ2n) is 5.58. The Morgan fingerprint density at radius 2 is 2.08 bits per heavy atom. The first kappa shape index (κ1) is 16.0. The van der Waals surface area contributed by atoms with E-state index in [2.05, 4.69) is 20.9 Å². The molecular weight excluding hydrogens is 310 g/mol. The summed E-state index contributed by atoms with van der Waals surface area (Å²) in [7, 11) is 3.27. The lowest BCUT2D eigenvalue weighted by Crippen LogP contribution is -2.21. The Labute approximate surface area is 139 Å². The van der Waals surface area contributed by atoms with E-state index in [1.165, 1.54) is 12.4 Å². The van der Waals surface area contributed by atoms with Crippen molar-refractivity contribution in [2.75, 3.05) is 32.2 Å². The molecule has 0 radical (unpaired) electrons. The van der Waals surface area contributed by atoms with Gasteiger partial charge in [-0.05, 0) is 12.5 Å². The molecule has 1 unspecified atom stereocenters. The van der Waals surface area contributed by atoms with Crippen LogP contribution in [0, 0.1) is 0 Å². The van der Waals surface area contributed by atoms with Crippen LogP contribution in [0.25, 0.3) is 0 Å². The molecule has 24 heavy (non-hydrogen) atoms. The fraction of sp³-hybridized carbons (Fsp3) is 0.353. The number of hydrogen-bond donors (Lipinski definition) is 1. The average Bonchev–Trinajstić information content (AvgIpc) is 3.10. The summed E-state index contributed by atoms with van der Waals surface area (Å²) in [6.07, 6.45) is 3.75. The molecule has 1 aliphatic rings. The van der Waals surface area contributed by atoms with E-state index in [1.54, 1.807) is 14.2 Å². The van der Waals surface area contributed by atoms with Gasteiger partial charge in [0.05, 0.1) is 26.6 Å². The van der Waals surface area contributed by atoms with E-state index in [9.17, 15) is 4.79 Å². The fourth-order valence-corrected chi connectivity index (χ4v) is 3.05. The van der Waals surface area contributed by atoms with Crippen molar-refractivity contribution in [1.82, 2.24) is 9.97 Å². The maximum Gasteiger partial charge on any atom is 0.356 e. The number of para-hydroxylation sites is 1. The van der Waals surface area contributed by atoms with Gasteiger partial charge in [-0.25, -0.2) is 14.8 Å². The molecule has 2 aromatic rings. The molecule has 2 heterocycles. The summed E-state index contributed by atoms with van der Waals surface area (Å²) in [5.41, 5.74) is 1.05. The zero-order valence-electron chi connectivity index (χ0n) is 13.6. The molecule has 1 aromatic carbocycles. The summed E-state index contributed by atoms with van der Waals surface area (Å²) in [5, 5.41) is 8.90. The van der Waals surface area contributed by atoms with E-state index < -0.39 is 5.97 Å². The van der Waals surface area contributed by atoms with Crippen LogP contribution in [0.4, 0.5) is 5.82 Å². The van der Waals surface area contributed by atoms with Gasteiger partial charge >= 0.3 is 5.97 Å². The van der Waals surface area contributed by atoms with Crippen LogP contribution in [-0.4, -0.2) is 48.4 Å². The Bertz CT molecular complexity index is 733. The number of aromatic carboxylic acids is 1. The molecule has 7 heteroatoms. The van der Waals surface area contributed by atoms with Gasteiger partial charge in [0, 0.05) is 24.6 Å². The molecule has 126 valence electrons. The maximum atomic E-state index is 10.9. The third-order valence-electron chi connectivity index (χ3n) is 4.24. The monoisotopic (exact) mass is 329 g/mol. The predicted octanol–water partition coefficient (Wildman–Crippen LogP) is 2.19. The second kappa shape index (κ2) is 6.74. The smallest absolute Gasteiger partial charge is 0.356 e. The van der Waals surface area contributed by atoms with Gasteiger partial charge in [0.15, 0.2) is 17.2 Å². The summed E-state index contributed by atoms with van der Waals surface area (Å²) in [5.74, 6) is 1.38. The highest BCUT2D eigenvalue weighted by Gasteiger charge is 2.28. The fourth-order valence-electron chi connectivity index (χ4n) is 3.05. The van der Waals surface area contributed by atoms with Gasteiger partial charge in [-0.1, -0.05) is 12.1 Å². The lowest BCUT2D eigenvalue weighted by atomic mass is 9.97. The highest BCUT2D eigenvalue weighted by Crippen LogP contribution is 2.39. The number of carbonyl (C=O) groups is 1. The van der Waals surface area contributed by atoms with Crippen LogP contribution < -0.4 is 14.4 Å². The minimum absolute atomic E-state index is 0.0519. The quantitative estimate of drug-likeness (QED) is 0.900. The van der Waals surface area contributed by atoms with Crippen molar-refractivity contribution in [3.8, 4) is 11.5 Å². The summed E-state index contributed by atoms with van der Waals surface area (Å²) in [6.45, 7) is 1.59. The number of carboxylic acid groups (broad SMARTS) is 1. The van der Waals surface area contributed by atoms with Crippen molar-refractivity contribution in [3.63, 3.8) is 0 Å². The van der Waals surface area contributed by atoms with Crippen LogP contribution in [-0.2, 0) is 0 Å². The van der Waals surface area contributed by atoms with Gasteiger partial charge in [-0.3, -0.25) is 0 Å². The molecule has 1 N–H and O–H groups in total. The zero-order valence-corrected chi connectivity index (χ0v) is 13.6. The standard InChI is InChI=1S/C17H19N3O4/c1-23-14-5-3-4-12(16(14)24-2)11-6-7-20(10-11)15-9-18-13(8-19-15)17(21)22/h3-5,8-9,11H,6-7,10H2,1-2H3,(H,21,22). The van der Waals surface area contributed by atoms with Crippen molar-refractivity contribution >= 4 is 11.8 Å². The Hall–Kier alpha value is -2.83. The molecule has 7 nitrogen and oxygen atoms in total. The molecule has 1 aromatic heterocycles. The van der Waals surface area contributed by atoms with Crippen LogP contribution >= 0.6 is 0 Å². The molecule has 3 rings (SSSR count). The first-order chi connectivity index (χ1) is 11.6. The van der Waals surface area contributed by atoms with Gasteiger partial charge in [-0.2, -0.15) is 0 Å². The van der Waals surface area contributed by atoms with Crippen molar-refractivity contribution in [3.05, 3.63) is 41.9 Å². The molecular formula is C17H19N3O4. The highest BCUT2D eigenvalue weighted by molar-refractivity contribution is 5.84. The molecule has 1 aliphatic heterocycles. The Balaban J connectivity index is 1.79. The number of aromatic nitrogens is 2. The Morgan fingerprint density at radius 3 is 2.71 bits per heavy atom. The predicted molar refractivity (Wildman–Crippen MR) is 88.1 cm³/mol. The topological polar surface area (TPSA) is 84.8 Å². The van der Waals surface area contributed by atoms with E-state index in [0.29, 0.717) is 5.82 Å². The lowest BCUT2D eigenvalue weighted by molar-refractivity contribution is 0.0690.